The summed E-state index contributed by atoms with van der Waals surface area (Å²) in [5.41, 5.74) is 2.07. The first-order valence-electron chi connectivity index (χ1n) is 9.35. The first kappa shape index (κ1) is 17.0. The van der Waals surface area contributed by atoms with Crippen LogP contribution in [0.25, 0.3) is 0 Å². The van der Waals surface area contributed by atoms with Crippen molar-refractivity contribution < 1.29 is 0 Å². The summed E-state index contributed by atoms with van der Waals surface area (Å²) in [6, 6.07) is 4.41. The van der Waals surface area contributed by atoms with E-state index in [4.69, 9.17) is 15.0 Å². The maximum Gasteiger partial charge on any atom is 0.227 e. The highest BCUT2D eigenvalue weighted by Crippen LogP contribution is 2.35. The summed E-state index contributed by atoms with van der Waals surface area (Å²) in [4.78, 5) is 25.4. The predicted octanol–water partition coefficient (Wildman–Crippen LogP) is 2.05. The van der Waals surface area contributed by atoms with Gasteiger partial charge in [0.15, 0.2) is 0 Å². The molecule has 0 spiro atoms. The van der Waals surface area contributed by atoms with Crippen molar-refractivity contribution >= 4 is 17.7 Å². The Morgan fingerprint density at radius 2 is 1.73 bits per heavy atom. The minimum Gasteiger partial charge on any atom is -0.363 e. The Bertz CT molecular complexity index is 771. The van der Waals surface area contributed by atoms with Gasteiger partial charge in [-0.25, -0.2) is 15.0 Å². The molecular formula is C19H27N7. The number of rotatable bonds is 3. The quantitative estimate of drug-likeness (QED) is 0.837. The number of hydrogen-bond acceptors (Lipinski definition) is 7. The third kappa shape index (κ3) is 3.18. The van der Waals surface area contributed by atoms with E-state index in [0.29, 0.717) is 12.0 Å². The number of aryl methyl sites for hydroxylation is 2. The lowest BCUT2D eigenvalue weighted by Gasteiger charge is -2.38. The zero-order chi connectivity index (χ0) is 18.3. The minimum absolute atomic E-state index is 0.427. The van der Waals surface area contributed by atoms with Gasteiger partial charge in [0, 0.05) is 51.3 Å². The van der Waals surface area contributed by atoms with Gasteiger partial charge in [0.05, 0.1) is 6.04 Å². The molecule has 138 valence electrons. The van der Waals surface area contributed by atoms with E-state index in [2.05, 4.69) is 14.8 Å². The van der Waals surface area contributed by atoms with Crippen LogP contribution in [0.15, 0.2) is 18.3 Å². The number of hydrogen-bond donors (Lipinski definition) is 0. The van der Waals surface area contributed by atoms with Crippen LogP contribution in [0.1, 0.15) is 24.2 Å². The average molecular weight is 353 g/mol. The molecule has 4 rings (SSSR count). The lowest BCUT2D eigenvalue weighted by Crippen LogP contribution is -2.49. The van der Waals surface area contributed by atoms with Crippen molar-refractivity contribution in [1.82, 2.24) is 19.9 Å². The van der Waals surface area contributed by atoms with Gasteiger partial charge in [-0.15, -0.1) is 0 Å². The molecule has 2 unspecified atom stereocenters. The number of anilines is 3. The van der Waals surface area contributed by atoms with Crippen LogP contribution in [0.5, 0.6) is 0 Å². The normalized spacial score (nSPS) is 22.5. The molecule has 0 radical (unpaired) electrons. The lowest BCUT2D eigenvalue weighted by molar-refractivity contribution is 0.386. The van der Waals surface area contributed by atoms with E-state index in [0.717, 1.165) is 48.7 Å². The maximum atomic E-state index is 4.73. The summed E-state index contributed by atoms with van der Waals surface area (Å²) in [5, 5.41) is 0. The van der Waals surface area contributed by atoms with Crippen molar-refractivity contribution in [1.29, 1.82) is 0 Å². The van der Waals surface area contributed by atoms with Crippen LogP contribution in [0.4, 0.5) is 17.7 Å². The van der Waals surface area contributed by atoms with Crippen LogP contribution < -0.4 is 14.7 Å². The molecule has 0 N–H and O–H groups in total. The largest absolute Gasteiger partial charge is 0.363 e. The summed E-state index contributed by atoms with van der Waals surface area (Å²) in [7, 11) is 4.02. The van der Waals surface area contributed by atoms with Crippen molar-refractivity contribution in [2.24, 2.45) is 5.92 Å². The van der Waals surface area contributed by atoms with E-state index in [9.17, 15) is 0 Å². The molecule has 2 saturated heterocycles. The first-order valence-corrected chi connectivity index (χ1v) is 9.35. The summed E-state index contributed by atoms with van der Waals surface area (Å²) in [5.74, 6) is 3.34. The minimum atomic E-state index is 0.427. The van der Waals surface area contributed by atoms with Crippen LogP contribution >= 0.6 is 0 Å². The Labute approximate surface area is 155 Å². The average Bonchev–Trinajstić information content (AvgIpc) is 3.04. The molecule has 2 aromatic heterocycles. The smallest absolute Gasteiger partial charge is 0.227 e. The summed E-state index contributed by atoms with van der Waals surface area (Å²) in [6.45, 7) is 7.06. The second-order valence-corrected chi connectivity index (χ2v) is 7.60. The maximum absolute atomic E-state index is 4.73. The van der Waals surface area contributed by atoms with Crippen LogP contribution in [-0.4, -0.2) is 59.7 Å². The molecule has 2 aliphatic heterocycles. The molecule has 4 heterocycles. The van der Waals surface area contributed by atoms with Gasteiger partial charge in [0.25, 0.3) is 0 Å². The van der Waals surface area contributed by atoms with Crippen LogP contribution in [0.3, 0.4) is 0 Å². The van der Waals surface area contributed by atoms with Crippen LogP contribution in [-0.2, 0) is 0 Å². The fourth-order valence-corrected chi connectivity index (χ4v) is 4.15. The van der Waals surface area contributed by atoms with Crippen LogP contribution in [0, 0.1) is 19.8 Å². The second kappa shape index (κ2) is 6.70. The van der Waals surface area contributed by atoms with E-state index >= 15 is 0 Å². The Balaban J connectivity index is 1.58. The Morgan fingerprint density at radius 1 is 1.00 bits per heavy atom. The SMILES string of the molecule is Cc1cc(C)nc(N2CCC3CCN(c4nccc(N(C)C)n4)CC32)n1. The summed E-state index contributed by atoms with van der Waals surface area (Å²) < 4.78 is 0. The number of aromatic nitrogens is 4. The molecule has 0 bridgehead atoms. The molecule has 2 fully saturated rings. The highest BCUT2D eigenvalue weighted by atomic mass is 15.4. The monoisotopic (exact) mass is 353 g/mol. The van der Waals surface area contributed by atoms with Crippen molar-refractivity contribution in [3.63, 3.8) is 0 Å². The second-order valence-electron chi connectivity index (χ2n) is 7.60. The van der Waals surface area contributed by atoms with Gasteiger partial charge in [-0.05, 0) is 44.7 Å². The van der Waals surface area contributed by atoms with Crippen molar-refractivity contribution in [2.75, 3.05) is 48.4 Å². The lowest BCUT2D eigenvalue weighted by atomic mass is 9.92. The molecule has 0 amide bonds. The van der Waals surface area contributed by atoms with E-state index in [1.807, 2.05) is 51.2 Å². The van der Waals surface area contributed by atoms with Gasteiger partial charge < -0.3 is 14.7 Å². The summed E-state index contributed by atoms with van der Waals surface area (Å²) in [6.07, 6.45) is 4.23. The fraction of sp³-hybridized carbons (Fsp3) is 0.579. The highest BCUT2D eigenvalue weighted by Gasteiger charge is 2.40. The molecule has 7 heteroatoms. The molecule has 2 atom stereocenters. The molecule has 7 nitrogen and oxygen atoms in total. The van der Waals surface area contributed by atoms with E-state index in [-0.39, 0.29) is 0 Å². The van der Waals surface area contributed by atoms with E-state index in [1.165, 1.54) is 12.8 Å². The first-order chi connectivity index (χ1) is 12.5. The molecule has 0 aliphatic carbocycles. The van der Waals surface area contributed by atoms with Crippen molar-refractivity contribution in [3.8, 4) is 0 Å². The van der Waals surface area contributed by atoms with Gasteiger partial charge in [-0.3, -0.25) is 0 Å². The van der Waals surface area contributed by atoms with Gasteiger partial charge in [0.2, 0.25) is 11.9 Å². The standard InChI is InChI=1S/C19H27N7/c1-13-11-14(2)22-19(21-13)26-10-7-15-6-9-25(12-16(15)26)18-20-8-5-17(23-18)24(3)4/h5,8,11,15-16H,6-7,9-10,12H2,1-4H3. The van der Waals surface area contributed by atoms with Crippen molar-refractivity contribution in [3.05, 3.63) is 29.7 Å². The van der Waals surface area contributed by atoms with E-state index in [1.54, 1.807) is 0 Å². The Hall–Kier alpha value is -2.44. The Morgan fingerprint density at radius 3 is 2.46 bits per heavy atom. The third-order valence-electron chi connectivity index (χ3n) is 5.46. The van der Waals surface area contributed by atoms with Gasteiger partial charge in [-0.2, -0.15) is 4.98 Å². The Kier molecular flexibility index (Phi) is 4.38. The molecule has 0 aromatic carbocycles. The zero-order valence-electron chi connectivity index (χ0n) is 16.1. The van der Waals surface area contributed by atoms with Gasteiger partial charge >= 0.3 is 0 Å². The van der Waals surface area contributed by atoms with Crippen LogP contribution in [0.2, 0.25) is 0 Å². The predicted molar refractivity (Wildman–Crippen MR) is 104 cm³/mol. The number of fused-ring (bicyclic) bond motifs is 1. The number of piperidine rings is 1. The van der Waals surface area contributed by atoms with E-state index < -0.39 is 0 Å². The topological polar surface area (TPSA) is 61.3 Å². The molecule has 2 aromatic rings. The molecule has 0 saturated carbocycles. The summed E-state index contributed by atoms with van der Waals surface area (Å²) >= 11 is 0. The molecular weight excluding hydrogens is 326 g/mol. The molecule has 2 aliphatic rings. The van der Waals surface area contributed by atoms with Gasteiger partial charge in [-0.1, -0.05) is 0 Å². The third-order valence-corrected chi connectivity index (χ3v) is 5.46. The zero-order valence-corrected chi connectivity index (χ0v) is 16.1. The van der Waals surface area contributed by atoms with Gasteiger partial charge in [0.1, 0.15) is 5.82 Å². The fourth-order valence-electron chi connectivity index (χ4n) is 4.15. The highest BCUT2D eigenvalue weighted by molar-refractivity contribution is 5.45. The van der Waals surface area contributed by atoms with Crippen molar-refractivity contribution in [2.45, 2.75) is 32.7 Å². The molecule has 26 heavy (non-hydrogen) atoms. The number of nitrogens with zero attached hydrogens (tertiary/aromatic N) is 7.